The zero-order valence-corrected chi connectivity index (χ0v) is 22.7. The Bertz CT molecular complexity index is 1510. The quantitative estimate of drug-likeness (QED) is 0.260. The van der Waals surface area contributed by atoms with Crippen LogP contribution in [0.2, 0.25) is 0 Å². The van der Waals surface area contributed by atoms with Crippen LogP contribution in [-0.2, 0) is 14.1 Å². The summed E-state index contributed by atoms with van der Waals surface area (Å²) < 4.78 is 9.06. The predicted octanol–water partition coefficient (Wildman–Crippen LogP) is 2.85. The Balaban J connectivity index is 1.36. The molecule has 0 atom stereocenters. The molecule has 4 aromatic rings. The number of methoxy groups -OCH3 is 1. The van der Waals surface area contributed by atoms with Crippen molar-refractivity contribution in [2.75, 3.05) is 48.9 Å². The third-order valence-corrected chi connectivity index (χ3v) is 7.62. The minimum Gasteiger partial charge on any atom is -0.494 e. The first-order chi connectivity index (χ1) is 18.9. The Hall–Kier alpha value is -3.83. The Morgan fingerprint density at radius 1 is 1.03 bits per heavy atom. The maximum Gasteiger partial charge on any atom is 0.260 e. The van der Waals surface area contributed by atoms with Crippen molar-refractivity contribution in [3.8, 4) is 5.75 Å². The van der Waals surface area contributed by atoms with Gasteiger partial charge in [-0.3, -0.25) is 14.2 Å². The largest absolute Gasteiger partial charge is 0.494 e. The van der Waals surface area contributed by atoms with Crippen LogP contribution in [0.1, 0.15) is 36.0 Å². The van der Waals surface area contributed by atoms with Crippen molar-refractivity contribution in [3.63, 3.8) is 0 Å². The van der Waals surface area contributed by atoms with Crippen LogP contribution in [0.25, 0.3) is 21.8 Å². The smallest absolute Gasteiger partial charge is 0.260 e. The Morgan fingerprint density at radius 2 is 1.77 bits per heavy atom. The lowest BCUT2D eigenvalue weighted by Crippen LogP contribution is -2.43. The van der Waals surface area contributed by atoms with Crippen LogP contribution < -0.4 is 25.6 Å². The van der Waals surface area contributed by atoms with Crippen molar-refractivity contribution < 1.29 is 14.6 Å². The second-order valence-electron chi connectivity index (χ2n) is 10.6. The van der Waals surface area contributed by atoms with Crippen molar-refractivity contribution in [2.45, 2.75) is 37.8 Å². The molecule has 1 aliphatic carbocycles. The number of aliphatic hydroxyl groups is 1. The van der Waals surface area contributed by atoms with E-state index in [2.05, 4.69) is 25.9 Å². The normalized spacial score (nSPS) is 16.3. The number of benzene rings is 2. The summed E-state index contributed by atoms with van der Waals surface area (Å²) in [6.45, 7) is 2.13. The SMILES string of the molecule is COc1cc2nn(C)cc2cc1NC(=O)c1c(NCCO)cc(N2CCC(NC3CC3)CC2)c2cn(C)nc12. The lowest BCUT2D eigenvalue weighted by atomic mass is 10.0. The van der Waals surface area contributed by atoms with Crippen molar-refractivity contribution in [1.29, 1.82) is 0 Å². The number of nitrogens with one attached hydrogen (secondary N) is 3. The Morgan fingerprint density at radius 3 is 2.49 bits per heavy atom. The molecule has 0 radical (unpaired) electrons. The molecule has 1 aliphatic heterocycles. The molecule has 1 amide bonds. The van der Waals surface area contributed by atoms with E-state index in [-0.39, 0.29) is 12.5 Å². The Kier molecular flexibility index (Phi) is 6.78. The van der Waals surface area contributed by atoms with Gasteiger partial charge in [-0.25, -0.2) is 0 Å². The number of nitrogens with zero attached hydrogens (tertiary/aromatic N) is 5. The van der Waals surface area contributed by atoms with Gasteiger partial charge in [0.25, 0.3) is 5.91 Å². The number of piperidine rings is 1. The number of carbonyl (C=O) groups is 1. The van der Waals surface area contributed by atoms with Gasteiger partial charge in [0, 0.05) is 80.7 Å². The van der Waals surface area contributed by atoms with Crippen LogP contribution in [0.4, 0.5) is 17.1 Å². The second kappa shape index (κ2) is 10.4. The van der Waals surface area contributed by atoms with Gasteiger partial charge < -0.3 is 30.7 Å². The number of amides is 1. The molecular formula is C28H36N8O3. The van der Waals surface area contributed by atoms with E-state index in [0.717, 1.165) is 47.9 Å². The average Bonchev–Trinajstić information content (AvgIpc) is 3.53. The highest BCUT2D eigenvalue weighted by Crippen LogP contribution is 2.37. The fourth-order valence-electron chi connectivity index (χ4n) is 5.59. The van der Waals surface area contributed by atoms with Gasteiger partial charge in [-0.2, -0.15) is 10.2 Å². The molecule has 6 rings (SSSR count). The maximum absolute atomic E-state index is 13.9. The first-order valence-electron chi connectivity index (χ1n) is 13.6. The molecular weight excluding hydrogens is 496 g/mol. The minimum absolute atomic E-state index is 0.0552. The molecule has 11 nitrogen and oxygen atoms in total. The molecule has 2 aromatic heterocycles. The first-order valence-corrected chi connectivity index (χ1v) is 13.6. The van der Waals surface area contributed by atoms with Gasteiger partial charge in [0.1, 0.15) is 11.3 Å². The molecule has 11 heteroatoms. The standard InChI is InChI=1S/C28H36N8O3/c1-34-15-17-12-22(25(39-3)14-21(17)32-34)31-28(38)26-23(29-8-11-37)13-24(20-16-35(2)33-27(20)26)36-9-6-19(7-10-36)30-18-4-5-18/h12-16,18-19,29-30,37H,4-11H2,1-3H3,(H,31,38). The van der Waals surface area contributed by atoms with Crippen molar-refractivity contribution in [3.05, 3.63) is 36.2 Å². The number of fused-ring (bicyclic) bond motifs is 2. The number of hydrogen-bond acceptors (Lipinski definition) is 8. The Labute approximate surface area is 227 Å². The van der Waals surface area contributed by atoms with Crippen LogP contribution in [0, 0.1) is 0 Å². The van der Waals surface area contributed by atoms with Crippen LogP contribution in [-0.4, -0.2) is 76.0 Å². The summed E-state index contributed by atoms with van der Waals surface area (Å²) in [5.41, 5.74) is 4.07. The lowest BCUT2D eigenvalue weighted by Gasteiger charge is -2.35. The third-order valence-electron chi connectivity index (χ3n) is 7.62. The lowest BCUT2D eigenvalue weighted by molar-refractivity contribution is 0.102. The molecule has 39 heavy (non-hydrogen) atoms. The summed E-state index contributed by atoms with van der Waals surface area (Å²) in [5.74, 6) is 0.218. The number of anilines is 3. The van der Waals surface area contributed by atoms with Crippen molar-refractivity contribution in [1.82, 2.24) is 24.9 Å². The molecule has 2 aliphatic rings. The van der Waals surface area contributed by atoms with Gasteiger partial charge in [0.15, 0.2) is 0 Å². The highest BCUT2D eigenvalue weighted by atomic mass is 16.5. The summed E-state index contributed by atoms with van der Waals surface area (Å²) in [6, 6.07) is 6.98. The molecule has 2 fully saturated rings. The first kappa shape index (κ1) is 25.4. The fourth-order valence-corrected chi connectivity index (χ4v) is 5.59. The van der Waals surface area contributed by atoms with Gasteiger partial charge in [0.05, 0.1) is 36.2 Å². The zero-order chi connectivity index (χ0) is 27.1. The summed E-state index contributed by atoms with van der Waals surface area (Å²) >= 11 is 0. The molecule has 1 saturated heterocycles. The number of rotatable bonds is 9. The maximum atomic E-state index is 13.9. The van der Waals surface area contributed by atoms with E-state index in [0.29, 0.717) is 46.8 Å². The van der Waals surface area contributed by atoms with E-state index in [1.807, 2.05) is 44.7 Å². The van der Waals surface area contributed by atoms with Crippen LogP contribution in [0.5, 0.6) is 5.75 Å². The number of aromatic nitrogens is 4. The molecule has 4 N–H and O–H groups in total. The summed E-state index contributed by atoms with van der Waals surface area (Å²) in [6.07, 6.45) is 8.62. The topological polar surface area (TPSA) is 121 Å². The summed E-state index contributed by atoms with van der Waals surface area (Å²) in [5, 5.41) is 30.7. The van der Waals surface area contributed by atoms with Gasteiger partial charge in [-0.1, -0.05) is 0 Å². The molecule has 3 heterocycles. The van der Waals surface area contributed by atoms with E-state index >= 15 is 0 Å². The van der Waals surface area contributed by atoms with Gasteiger partial charge in [0.2, 0.25) is 0 Å². The van der Waals surface area contributed by atoms with E-state index in [9.17, 15) is 9.90 Å². The number of ether oxygens (including phenoxy) is 1. The third kappa shape index (κ3) is 5.11. The van der Waals surface area contributed by atoms with Crippen molar-refractivity contribution >= 4 is 44.8 Å². The van der Waals surface area contributed by atoms with Gasteiger partial charge in [-0.15, -0.1) is 0 Å². The number of aryl methyl sites for hydroxylation is 2. The molecule has 1 saturated carbocycles. The number of hydrogen-bond donors (Lipinski definition) is 4. The average molecular weight is 533 g/mol. The van der Waals surface area contributed by atoms with Gasteiger partial charge in [-0.05, 0) is 37.8 Å². The predicted molar refractivity (Wildman–Crippen MR) is 153 cm³/mol. The molecule has 0 unspecified atom stereocenters. The second-order valence-corrected chi connectivity index (χ2v) is 10.6. The minimum atomic E-state index is -0.306. The fraction of sp³-hybridized carbons (Fsp3) is 0.464. The van der Waals surface area contributed by atoms with Crippen molar-refractivity contribution in [2.24, 2.45) is 14.1 Å². The summed E-state index contributed by atoms with van der Waals surface area (Å²) in [7, 11) is 5.30. The monoisotopic (exact) mass is 532 g/mol. The highest BCUT2D eigenvalue weighted by molar-refractivity contribution is 6.18. The highest BCUT2D eigenvalue weighted by Gasteiger charge is 2.29. The van der Waals surface area contributed by atoms with E-state index in [1.165, 1.54) is 12.8 Å². The molecule has 2 aromatic carbocycles. The molecule has 206 valence electrons. The van der Waals surface area contributed by atoms with Gasteiger partial charge >= 0.3 is 0 Å². The van der Waals surface area contributed by atoms with E-state index < -0.39 is 0 Å². The molecule has 0 bridgehead atoms. The molecule has 0 spiro atoms. The zero-order valence-electron chi connectivity index (χ0n) is 22.7. The van der Waals surface area contributed by atoms with Crippen LogP contribution in [0.15, 0.2) is 30.6 Å². The summed E-state index contributed by atoms with van der Waals surface area (Å²) in [4.78, 5) is 16.3. The van der Waals surface area contributed by atoms with E-state index in [4.69, 9.17) is 9.84 Å². The van der Waals surface area contributed by atoms with E-state index in [1.54, 1.807) is 16.5 Å². The van der Waals surface area contributed by atoms with Crippen LogP contribution in [0.3, 0.4) is 0 Å². The number of aliphatic hydroxyl groups excluding tert-OH is 1. The number of carbonyl (C=O) groups excluding carboxylic acids is 1. The van der Waals surface area contributed by atoms with Crippen LogP contribution >= 0.6 is 0 Å².